The fraction of sp³-hybridized carbons (Fsp3) is 0.208. The molecule has 1 aliphatic heterocycles. The minimum absolute atomic E-state index is 0.0707. The van der Waals surface area contributed by atoms with Crippen LogP contribution in [0.2, 0.25) is 5.02 Å². The molecule has 0 radical (unpaired) electrons. The first-order valence-electron chi connectivity index (χ1n) is 10.7. The highest BCUT2D eigenvalue weighted by molar-refractivity contribution is 9.10. The van der Waals surface area contributed by atoms with Gasteiger partial charge in [0, 0.05) is 36.3 Å². The van der Waals surface area contributed by atoms with Gasteiger partial charge in [-0.2, -0.15) is 0 Å². The average molecular weight is 594 g/mol. The molecule has 0 aliphatic carbocycles. The lowest BCUT2D eigenvalue weighted by atomic mass is 10.2. The van der Waals surface area contributed by atoms with Crippen LogP contribution in [0.4, 0.5) is 11.4 Å². The lowest BCUT2D eigenvalue weighted by Gasteiger charge is -2.36. The summed E-state index contributed by atoms with van der Waals surface area (Å²) in [4.78, 5) is 30.0. The van der Waals surface area contributed by atoms with E-state index in [-0.39, 0.29) is 11.0 Å². The van der Waals surface area contributed by atoms with E-state index in [0.29, 0.717) is 48.2 Å². The minimum Gasteiger partial charge on any atom is -0.496 e. The molecule has 2 heterocycles. The molecule has 0 spiro atoms. The van der Waals surface area contributed by atoms with E-state index in [1.807, 2.05) is 34.5 Å². The number of hydrogen-bond acceptors (Lipinski definition) is 6. The number of rotatable bonds is 5. The Balaban J connectivity index is 1.34. The maximum Gasteiger partial charge on any atom is 0.264 e. The van der Waals surface area contributed by atoms with E-state index >= 15 is 0 Å². The van der Waals surface area contributed by atoms with Crippen molar-refractivity contribution >= 4 is 79.4 Å². The second kappa shape index (κ2) is 11.4. The summed E-state index contributed by atoms with van der Waals surface area (Å²) in [7, 11) is 1.50. The van der Waals surface area contributed by atoms with Crippen LogP contribution in [-0.4, -0.2) is 55.1 Å². The van der Waals surface area contributed by atoms with E-state index in [1.54, 1.807) is 24.3 Å². The van der Waals surface area contributed by atoms with E-state index < -0.39 is 5.91 Å². The summed E-state index contributed by atoms with van der Waals surface area (Å²) in [6, 6.07) is 14.4. The number of halogens is 2. The number of carbonyl (C=O) groups excluding carboxylic acids is 2. The molecule has 1 saturated heterocycles. The van der Waals surface area contributed by atoms with Gasteiger partial charge in [-0.25, -0.2) is 0 Å². The highest BCUT2D eigenvalue weighted by Crippen LogP contribution is 2.30. The lowest BCUT2D eigenvalue weighted by Crippen LogP contribution is -2.48. The van der Waals surface area contributed by atoms with Crippen molar-refractivity contribution < 1.29 is 14.3 Å². The number of nitrogens with one attached hydrogen (secondary N) is 2. The predicted octanol–water partition coefficient (Wildman–Crippen LogP) is 5.26. The SMILES string of the molecule is COc1ccc(Br)cc1C(=O)NC(=S)Nc1ccc(N2CCN(C(=O)c3cccs3)CC2)c(Cl)c1. The molecular weight excluding hydrogens is 572 g/mol. The number of anilines is 2. The van der Waals surface area contributed by atoms with E-state index in [1.165, 1.54) is 18.4 Å². The highest BCUT2D eigenvalue weighted by atomic mass is 79.9. The van der Waals surface area contributed by atoms with Crippen LogP contribution in [0.3, 0.4) is 0 Å². The molecule has 7 nitrogen and oxygen atoms in total. The Morgan fingerprint density at radius 2 is 1.89 bits per heavy atom. The molecule has 2 aromatic carbocycles. The maximum atomic E-state index is 12.7. The molecule has 4 rings (SSSR count). The van der Waals surface area contributed by atoms with Crippen LogP contribution in [-0.2, 0) is 0 Å². The molecule has 0 bridgehead atoms. The van der Waals surface area contributed by atoms with E-state index in [2.05, 4.69) is 31.5 Å². The largest absolute Gasteiger partial charge is 0.496 e. The smallest absolute Gasteiger partial charge is 0.264 e. The Morgan fingerprint density at radius 1 is 1.11 bits per heavy atom. The number of nitrogens with zero attached hydrogens (tertiary/aromatic N) is 2. The van der Waals surface area contributed by atoms with Crippen LogP contribution >= 0.6 is 51.1 Å². The van der Waals surface area contributed by atoms with Crippen molar-refractivity contribution in [2.45, 2.75) is 0 Å². The van der Waals surface area contributed by atoms with Crippen molar-refractivity contribution in [3.8, 4) is 5.75 Å². The molecule has 35 heavy (non-hydrogen) atoms. The van der Waals surface area contributed by atoms with Crippen LogP contribution in [0.1, 0.15) is 20.0 Å². The molecule has 0 atom stereocenters. The zero-order chi connectivity index (χ0) is 24.9. The Morgan fingerprint density at radius 3 is 2.54 bits per heavy atom. The molecule has 1 fully saturated rings. The number of thiophene rings is 1. The van der Waals surface area contributed by atoms with Crippen LogP contribution in [0.25, 0.3) is 0 Å². The number of piperazine rings is 1. The molecule has 0 saturated carbocycles. The topological polar surface area (TPSA) is 73.9 Å². The fourth-order valence-corrected chi connectivity index (χ4v) is 5.30. The molecule has 2 N–H and O–H groups in total. The standard InChI is InChI=1S/C24H22BrClN4O3S2/c1-33-20-7-4-15(25)13-17(20)22(31)28-24(34)27-16-5-6-19(18(26)14-16)29-8-10-30(11-9-29)23(32)21-3-2-12-35-21/h2-7,12-14H,8-11H2,1H3,(H2,27,28,31,34). The third kappa shape index (κ3) is 6.13. The Kier molecular flexibility index (Phi) is 8.27. The summed E-state index contributed by atoms with van der Waals surface area (Å²) in [6.07, 6.45) is 0. The minimum atomic E-state index is -0.390. The predicted molar refractivity (Wildman–Crippen MR) is 148 cm³/mol. The molecule has 182 valence electrons. The Bertz CT molecular complexity index is 1250. The number of benzene rings is 2. The summed E-state index contributed by atoms with van der Waals surface area (Å²) < 4.78 is 6.01. The normalized spacial score (nSPS) is 13.3. The number of hydrogen-bond donors (Lipinski definition) is 2. The van der Waals surface area contributed by atoms with Gasteiger partial charge in [0.1, 0.15) is 5.75 Å². The van der Waals surface area contributed by atoms with Crippen LogP contribution in [0.5, 0.6) is 5.75 Å². The van der Waals surface area contributed by atoms with Crippen LogP contribution < -0.4 is 20.3 Å². The first-order chi connectivity index (χ1) is 16.9. The van der Waals surface area contributed by atoms with Gasteiger partial charge in [-0.15, -0.1) is 11.3 Å². The van der Waals surface area contributed by atoms with Crippen molar-refractivity contribution in [2.75, 3.05) is 43.5 Å². The second-order valence-electron chi connectivity index (χ2n) is 7.68. The van der Waals surface area contributed by atoms with Gasteiger partial charge in [-0.05, 0) is 60.1 Å². The molecule has 1 aliphatic rings. The van der Waals surface area contributed by atoms with Gasteiger partial charge in [0.15, 0.2) is 5.11 Å². The van der Waals surface area contributed by atoms with Gasteiger partial charge >= 0.3 is 0 Å². The van der Waals surface area contributed by atoms with Gasteiger partial charge in [0.05, 0.1) is 28.3 Å². The number of methoxy groups -OCH3 is 1. The number of ether oxygens (including phenoxy) is 1. The van der Waals surface area contributed by atoms with Crippen molar-refractivity contribution in [3.63, 3.8) is 0 Å². The summed E-state index contributed by atoms with van der Waals surface area (Å²) in [5.41, 5.74) is 1.89. The third-order valence-corrected chi connectivity index (χ3v) is 7.34. The molecule has 3 aromatic rings. The third-order valence-electron chi connectivity index (χ3n) is 5.48. The first kappa shape index (κ1) is 25.4. The number of carbonyl (C=O) groups is 2. The van der Waals surface area contributed by atoms with Gasteiger partial charge in [-0.1, -0.05) is 33.6 Å². The van der Waals surface area contributed by atoms with Crippen molar-refractivity contribution in [1.82, 2.24) is 10.2 Å². The molecule has 11 heteroatoms. The first-order valence-corrected chi connectivity index (χ1v) is 13.1. The van der Waals surface area contributed by atoms with Gasteiger partial charge in [-0.3, -0.25) is 14.9 Å². The Labute approximate surface area is 226 Å². The van der Waals surface area contributed by atoms with Crippen LogP contribution in [0.15, 0.2) is 58.4 Å². The molecule has 1 aromatic heterocycles. The fourth-order valence-electron chi connectivity index (χ4n) is 3.74. The zero-order valence-electron chi connectivity index (χ0n) is 18.7. The quantitative estimate of drug-likeness (QED) is 0.393. The highest BCUT2D eigenvalue weighted by Gasteiger charge is 2.24. The van der Waals surface area contributed by atoms with E-state index in [4.69, 9.17) is 28.6 Å². The zero-order valence-corrected chi connectivity index (χ0v) is 22.7. The summed E-state index contributed by atoms with van der Waals surface area (Å²) >= 11 is 16.7. The summed E-state index contributed by atoms with van der Waals surface area (Å²) in [6.45, 7) is 2.63. The van der Waals surface area contributed by atoms with Crippen molar-refractivity contribution in [3.05, 3.63) is 73.8 Å². The molecule has 0 unspecified atom stereocenters. The Hall–Kier alpha value is -2.66. The van der Waals surface area contributed by atoms with Crippen molar-refractivity contribution in [2.24, 2.45) is 0 Å². The maximum absolute atomic E-state index is 12.7. The molecular formula is C24H22BrClN4O3S2. The number of thiocarbonyl (C=S) groups is 1. The summed E-state index contributed by atoms with van der Waals surface area (Å²) in [5, 5.41) is 8.26. The van der Waals surface area contributed by atoms with Crippen molar-refractivity contribution in [1.29, 1.82) is 0 Å². The van der Waals surface area contributed by atoms with Gasteiger partial charge < -0.3 is 19.9 Å². The summed E-state index contributed by atoms with van der Waals surface area (Å²) in [5.74, 6) is 0.123. The lowest BCUT2D eigenvalue weighted by molar-refractivity contribution is 0.0751. The van der Waals surface area contributed by atoms with Gasteiger partial charge in [0.25, 0.3) is 11.8 Å². The second-order valence-corrected chi connectivity index (χ2v) is 10.4. The van der Waals surface area contributed by atoms with Gasteiger partial charge in [0.2, 0.25) is 0 Å². The average Bonchev–Trinajstić information content (AvgIpc) is 3.39. The van der Waals surface area contributed by atoms with E-state index in [0.717, 1.165) is 15.0 Å². The van der Waals surface area contributed by atoms with Crippen LogP contribution in [0, 0.1) is 0 Å². The number of amides is 2. The molecule has 2 amide bonds. The van der Waals surface area contributed by atoms with E-state index in [9.17, 15) is 9.59 Å². The monoisotopic (exact) mass is 592 g/mol.